The molecule has 1 heterocycles. The topological polar surface area (TPSA) is 68.0 Å². The number of carbonyl (C=O) groups is 1. The van der Waals surface area contributed by atoms with Gasteiger partial charge in [-0.2, -0.15) is 0 Å². The molecule has 0 spiro atoms. The second-order valence-electron chi connectivity index (χ2n) is 5.97. The van der Waals surface area contributed by atoms with Gasteiger partial charge in [-0.25, -0.2) is 0 Å². The number of anilines is 1. The Bertz CT molecular complexity index is 680. The van der Waals surface area contributed by atoms with E-state index in [0.717, 1.165) is 22.4 Å². The summed E-state index contributed by atoms with van der Waals surface area (Å²) in [6, 6.07) is 9.14. The van der Waals surface area contributed by atoms with Crippen molar-refractivity contribution in [1.29, 1.82) is 0 Å². The second kappa shape index (κ2) is 7.70. The number of benzene rings is 1. The van der Waals surface area contributed by atoms with Crippen LogP contribution in [0.3, 0.4) is 0 Å². The number of amides is 1. The van der Waals surface area contributed by atoms with E-state index < -0.39 is 6.04 Å². The fraction of sp³-hybridized carbons (Fsp3) is 0.263. The summed E-state index contributed by atoms with van der Waals surface area (Å²) in [7, 11) is 0. The molecule has 0 aliphatic heterocycles. The van der Waals surface area contributed by atoms with Gasteiger partial charge >= 0.3 is 0 Å². The molecule has 1 unspecified atom stereocenters. The van der Waals surface area contributed by atoms with E-state index >= 15 is 0 Å². The highest BCUT2D eigenvalue weighted by Crippen LogP contribution is 2.27. The molecule has 2 rings (SSSR count). The molecular formula is C19H23N3O. The second-order valence-corrected chi connectivity index (χ2v) is 5.97. The molecule has 0 bridgehead atoms. The minimum atomic E-state index is -0.498. The molecule has 3 N–H and O–H groups in total. The van der Waals surface area contributed by atoms with E-state index in [1.54, 1.807) is 18.5 Å². The van der Waals surface area contributed by atoms with Crippen molar-refractivity contribution in [3.63, 3.8) is 0 Å². The molecule has 23 heavy (non-hydrogen) atoms. The largest absolute Gasteiger partial charge is 0.325 e. The van der Waals surface area contributed by atoms with E-state index in [9.17, 15) is 4.79 Å². The van der Waals surface area contributed by atoms with Crippen molar-refractivity contribution in [3.8, 4) is 11.1 Å². The van der Waals surface area contributed by atoms with Crippen LogP contribution in [0.15, 0.2) is 49.3 Å². The van der Waals surface area contributed by atoms with Gasteiger partial charge in [0.15, 0.2) is 0 Å². The summed E-state index contributed by atoms with van der Waals surface area (Å²) >= 11 is 0. The Morgan fingerprint density at radius 1 is 1.30 bits per heavy atom. The van der Waals surface area contributed by atoms with Crippen LogP contribution in [-0.4, -0.2) is 16.9 Å². The first kappa shape index (κ1) is 16.9. The first-order chi connectivity index (χ1) is 11.0. The zero-order valence-corrected chi connectivity index (χ0v) is 13.6. The zero-order valence-electron chi connectivity index (χ0n) is 13.6. The SMILES string of the molecule is C=Cc1cc(NC(=O)C(N)CC(C)C)ccc1-c1ccncc1. The highest BCUT2D eigenvalue weighted by molar-refractivity contribution is 5.95. The third-order valence-electron chi connectivity index (χ3n) is 3.59. The van der Waals surface area contributed by atoms with Crippen LogP contribution in [0.4, 0.5) is 5.69 Å². The van der Waals surface area contributed by atoms with Gasteiger partial charge in [0.05, 0.1) is 6.04 Å². The number of nitrogens with two attached hydrogens (primary N) is 1. The van der Waals surface area contributed by atoms with Crippen molar-refractivity contribution in [2.24, 2.45) is 11.7 Å². The first-order valence-corrected chi connectivity index (χ1v) is 7.74. The van der Waals surface area contributed by atoms with Gasteiger partial charge in [-0.15, -0.1) is 0 Å². The molecular weight excluding hydrogens is 286 g/mol. The molecule has 4 heteroatoms. The maximum absolute atomic E-state index is 12.1. The smallest absolute Gasteiger partial charge is 0.241 e. The van der Waals surface area contributed by atoms with Gasteiger partial charge in [-0.3, -0.25) is 9.78 Å². The first-order valence-electron chi connectivity index (χ1n) is 7.74. The van der Waals surface area contributed by atoms with E-state index in [2.05, 4.69) is 16.9 Å². The monoisotopic (exact) mass is 309 g/mol. The number of pyridine rings is 1. The lowest BCUT2D eigenvalue weighted by Crippen LogP contribution is -2.36. The quantitative estimate of drug-likeness (QED) is 0.855. The van der Waals surface area contributed by atoms with Gasteiger partial charge in [0.25, 0.3) is 0 Å². The molecule has 1 aromatic heterocycles. The molecule has 2 aromatic rings. The Morgan fingerprint density at radius 2 is 2.00 bits per heavy atom. The summed E-state index contributed by atoms with van der Waals surface area (Å²) in [5.41, 5.74) is 9.70. The molecule has 0 aliphatic rings. The van der Waals surface area contributed by atoms with Crippen molar-refractivity contribution in [1.82, 2.24) is 4.98 Å². The minimum absolute atomic E-state index is 0.162. The summed E-state index contributed by atoms with van der Waals surface area (Å²) in [6.45, 7) is 7.95. The van der Waals surface area contributed by atoms with Crippen molar-refractivity contribution >= 4 is 17.7 Å². The summed E-state index contributed by atoms with van der Waals surface area (Å²) in [5.74, 6) is 0.221. The number of carbonyl (C=O) groups excluding carboxylic acids is 1. The summed E-state index contributed by atoms with van der Waals surface area (Å²) in [6.07, 6.45) is 5.94. The Hall–Kier alpha value is -2.46. The molecule has 4 nitrogen and oxygen atoms in total. The van der Waals surface area contributed by atoms with Gasteiger partial charge in [0.2, 0.25) is 5.91 Å². The molecule has 0 saturated carbocycles. The number of aromatic nitrogens is 1. The average Bonchev–Trinajstić information content (AvgIpc) is 2.54. The average molecular weight is 309 g/mol. The van der Waals surface area contributed by atoms with Crippen LogP contribution >= 0.6 is 0 Å². The van der Waals surface area contributed by atoms with Gasteiger partial charge < -0.3 is 11.1 Å². The van der Waals surface area contributed by atoms with Crippen LogP contribution in [0.2, 0.25) is 0 Å². The molecule has 120 valence electrons. The van der Waals surface area contributed by atoms with E-state index in [-0.39, 0.29) is 5.91 Å². The standard InChI is InChI=1S/C19H23N3O/c1-4-14-12-16(22-19(23)18(20)11-13(2)3)5-6-17(14)15-7-9-21-10-8-15/h4-10,12-13,18H,1,11,20H2,2-3H3,(H,22,23). The summed E-state index contributed by atoms with van der Waals surface area (Å²) < 4.78 is 0. The number of hydrogen-bond donors (Lipinski definition) is 2. The van der Waals surface area contributed by atoms with Crippen LogP contribution in [-0.2, 0) is 4.79 Å². The maximum atomic E-state index is 12.1. The molecule has 0 aliphatic carbocycles. The summed E-state index contributed by atoms with van der Waals surface area (Å²) in [5, 5.41) is 2.88. The Kier molecular flexibility index (Phi) is 5.66. The molecule has 1 amide bonds. The Balaban J connectivity index is 2.19. The highest BCUT2D eigenvalue weighted by Gasteiger charge is 2.15. The predicted molar refractivity (Wildman–Crippen MR) is 95.8 cm³/mol. The van der Waals surface area contributed by atoms with Crippen LogP contribution in [0, 0.1) is 5.92 Å². The Labute approximate surface area is 137 Å². The third kappa shape index (κ3) is 4.50. The fourth-order valence-electron chi connectivity index (χ4n) is 2.45. The zero-order chi connectivity index (χ0) is 16.8. The van der Waals surface area contributed by atoms with Crippen LogP contribution in [0.25, 0.3) is 17.2 Å². The molecule has 1 atom stereocenters. The molecule has 0 radical (unpaired) electrons. The van der Waals surface area contributed by atoms with Crippen molar-refractivity contribution in [3.05, 3.63) is 54.9 Å². The normalized spacial score (nSPS) is 12.0. The fourth-order valence-corrected chi connectivity index (χ4v) is 2.45. The lowest BCUT2D eigenvalue weighted by molar-refractivity contribution is -0.117. The molecule has 0 fully saturated rings. The number of rotatable bonds is 6. The number of nitrogens with one attached hydrogen (secondary N) is 1. The predicted octanol–water partition coefficient (Wildman–Crippen LogP) is 3.70. The van der Waals surface area contributed by atoms with Gasteiger partial charge in [-0.05, 0) is 53.3 Å². The summed E-state index contributed by atoms with van der Waals surface area (Å²) in [4.78, 5) is 16.2. The lowest BCUT2D eigenvalue weighted by atomic mass is 9.99. The van der Waals surface area contributed by atoms with Crippen molar-refractivity contribution in [2.45, 2.75) is 26.3 Å². The number of hydrogen-bond acceptors (Lipinski definition) is 3. The number of nitrogens with zero attached hydrogens (tertiary/aromatic N) is 1. The van der Waals surface area contributed by atoms with Gasteiger partial charge in [0, 0.05) is 18.1 Å². The molecule has 0 saturated heterocycles. The minimum Gasteiger partial charge on any atom is -0.325 e. The van der Waals surface area contributed by atoms with Crippen LogP contribution in [0.1, 0.15) is 25.8 Å². The lowest BCUT2D eigenvalue weighted by Gasteiger charge is -2.15. The van der Waals surface area contributed by atoms with E-state index in [4.69, 9.17) is 5.73 Å². The van der Waals surface area contributed by atoms with E-state index in [0.29, 0.717) is 12.3 Å². The molecule has 1 aromatic carbocycles. The van der Waals surface area contributed by atoms with Crippen molar-refractivity contribution < 1.29 is 4.79 Å². The van der Waals surface area contributed by atoms with Crippen LogP contribution in [0.5, 0.6) is 0 Å². The maximum Gasteiger partial charge on any atom is 0.241 e. The Morgan fingerprint density at radius 3 is 2.61 bits per heavy atom. The van der Waals surface area contributed by atoms with E-state index in [1.165, 1.54) is 0 Å². The van der Waals surface area contributed by atoms with Crippen LogP contribution < -0.4 is 11.1 Å². The van der Waals surface area contributed by atoms with E-state index in [1.807, 2.05) is 44.2 Å². The van der Waals surface area contributed by atoms with Gasteiger partial charge in [-0.1, -0.05) is 32.6 Å². The highest BCUT2D eigenvalue weighted by atomic mass is 16.2. The van der Waals surface area contributed by atoms with Gasteiger partial charge in [0.1, 0.15) is 0 Å². The van der Waals surface area contributed by atoms with Crippen molar-refractivity contribution in [2.75, 3.05) is 5.32 Å². The third-order valence-corrected chi connectivity index (χ3v) is 3.59.